The van der Waals surface area contributed by atoms with Crippen LogP contribution in [0.3, 0.4) is 0 Å². The molecule has 0 aromatic heterocycles. The number of unbranched alkanes of at least 4 members (excludes halogenated alkanes) is 8. The van der Waals surface area contributed by atoms with E-state index in [1.807, 2.05) is 0 Å². The van der Waals surface area contributed by atoms with Crippen LogP contribution in [0.1, 0.15) is 104 Å². The van der Waals surface area contributed by atoms with Crippen molar-refractivity contribution in [3.63, 3.8) is 0 Å². The third-order valence-corrected chi connectivity index (χ3v) is 4.50. The molecule has 0 heterocycles. The maximum absolute atomic E-state index is 11.7. The topological polar surface area (TPSA) is 52.3 Å². The molecule has 23 heavy (non-hydrogen) atoms. The van der Waals surface area contributed by atoms with Crippen molar-refractivity contribution in [1.29, 1.82) is 0 Å². The number of hydrogen-bond donors (Lipinski definition) is 1. The predicted molar refractivity (Wildman–Crippen MR) is 99.5 cm³/mol. The van der Waals surface area contributed by atoms with E-state index in [-0.39, 0.29) is 5.97 Å². The number of nitrogens with two attached hydrogens (primary N) is 1. The standard InChI is InChI=1S/C20H41NO2/c1-3-5-7-9-10-12-15-19(14-11-8-6-4-2)18-23-20(22)16-13-17-21/h19H,3-18,21H2,1-2H3. The van der Waals surface area contributed by atoms with Crippen LogP contribution in [0.25, 0.3) is 0 Å². The van der Waals surface area contributed by atoms with Gasteiger partial charge in [-0.15, -0.1) is 0 Å². The molecule has 1 unspecified atom stereocenters. The molecule has 2 N–H and O–H groups in total. The van der Waals surface area contributed by atoms with Crippen LogP contribution in [0.15, 0.2) is 0 Å². The molecule has 0 fully saturated rings. The Morgan fingerprint density at radius 3 is 1.91 bits per heavy atom. The number of esters is 1. The van der Waals surface area contributed by atoms with Gasteiger partial charge in [0.25, 0.3) is 0 Å². The maximum Gasteiger partial charge on any atom is 0.305 e. The summed E-state index contributed by atoms with van der Waals surface area (Å²) in [7, 11) is 0. The Labute approximate surface area is 144 Å². The molecule has 3 nitrogen and oxygen atoms in total. The van der Waals surface area contributed by atoms with Crippen LogP contribution >= 0.6 is 0 Å². The normalized spacial score (nSPS) is 12.3. The first-order valence-corrected chi connectivity index (χ1v) is 10.1. The van der Waals surface area contributed by atoms with Crippen molar-refractivity contribution < 1.29 is 9.53 Å². The van der Waals surface area contributed by atoms with Gasteiger partial charge >= 0.3 is 5.97 Å². The molecule has 0 rings (SSSR count). The lowest BCUT2D eigenvalue weighted by molar-refractivity contribution is -0.145. The Hall–Kier alpha value is -0.570. The Kier molecular flexibility index (Phi) is 17.3. The lowest BCUT2D eigenvalue weighted by Gasteiger charge is -2.17. The van der Waals surface area contributed by atoms with Crippen molar-refractivity contribution in [3.8, 4) is 0 Å². The highest BCUT2D eigenvalue weighted by Gasteiger charge is 2.12. The molecule has 0 aliphatic carbocycles. The van der Waals surface area contributed by atoms with Gasteiger partial charge in [-0.05, 0) is 31.7 Å². The first-order valence-electron chi connectivity index (χ1n) is 10.1. The molecule has 138 valence electrons. The van der Waals surface area contributed by atoms with Crippen LogP contribution in [0.4, 0.5) is 0 Å². The summed E-state index contributed by atoms with van der Waals surface area (Å²) in [6.07, 6.45) is 16.8. The van der Waals surface area contributed by atoms with Crippen LogP contribution < -0.4 is 5.73 Å². The number of rotatable bonds is 17. The highest BCUT2D eigenvalue weighted by Crippen LogP contribution is 2.19. The summed E-state index contributed by atoms with van der Waals surface area (Å²) >= 11 is 0. The zero-order valence-electron chi connectivity index (χ0n) is 15.8. The van der Waals surface area contributed by atoms with Crippen molar-refractivity contribution in [3.05, 3.63) is 0 Å². The zero-order valence-corrected chi connectivity index (χ0v) is 15.8. The van der Waals surface area contributed by atoms with Gasteiger partial charge in [-0.2, -0.15) is 0 Å². The molecule has 0 radical (unpaired) electrons. The summed E-state index contributed by atoms with van der Waals surface area (Å²) in [6.45, 7) is 5.68. The average molecular weight is 328 g/mol. The van der Waals surface area contributed by atoms with E-state index >= 15 is 0 Å². The maximum atomic E-state index is 11.7. The van der Waals surface area contributed by atoms with Gasteiger partial charge in [-0.1, -0.05) is 78.1 Å². The van der Waals surface area contributed by atoms with E-state index in [1.165, 1.54) is 77.0 Å². The summed E-state index contributed by atoms with van der Waals surface area (Å²) in [5, 5.41) is 0. The minimum atomic E-state index is -0.0723. The number of carbonyl (C=O) groups excluding carboxylic acids is 1. The number of hydrogen-bond acceptors (Lipinski definition) is 3. The van der Waals surface area contributed by atoms with Crippen molar-refractivity contribution in [2.24, 2.45) is 11.7 Å². The first-order chi connectivity index (χ1) is 11.2. The SMILES string of the molecule is CCCCCCCCC(CCCCCC)COC(=O)CCCN. The Bertz CT molecular complexity index is 256. The van der Waals surface area contributed by atoms with E-state index < -0.39 is 0 Å². The minimum absolute atomic E-state index is 0.0723. The van der Waals surface area contributed by atoms with Gasteiger partial charge in [0.15, 0.2) is 0 Å². The quantitative estimate of drug-likeness (QED) is 0.279. The molecule has 0 saturated carbocycles. The van der Waals surface area contributed by atoms with Gasteiger partial charge in [0, 0.05) is 6.42 Å². The van der Waals surface area contributed by atoms with E-state index in [1.54, 1.807) is 0 Å². The molecule has 3 heteroatoms. The van der Waals surface area contributed by atoms with E-state index in [9.17, 15) is 4.79 Å². The van der Waals surface area contributed by atoms with Gasteiger partial charge < -0.3 is 10.5 Å². The third kappa shape index (κ3) is 16.1. The molecular formula is C20H41NO2. The largest absolute Gasteiger partial charge is 0.465 e. The van der Waals surface area contributed by atoms with Gasteiger partial charge in [-0.3, -0.25) is 4.79 Å². The highest BCUT2D eigenvalue weighted by molar-refractivity contribution is 5.69. The van der Waals surface area contributed by atoms with E-state index in [4.69, 9.17) is 10.5 Å². The summed E-state index contributed by atoms with van der Waals surface area (Å²) < 4.78 is 5.46. The third-order valence-electron chi connectivity index (χ3n) is 4.50. The highest BCUT2D eigenvalue weighted by atomic mass is 16.5. The molecule has 1 atom stereocenters. The summed E-state index contributed by atoms with van der Waals surface area (Å²) in [5.74, 6) is 0.483. The van der Waals surface area contributed by atoms with Gasteiger partial charge in [-0.25, -0.2) is 0 Å². The van der Waals surface area contributed by atoms with Crippen LogP contribution in [0.2, 0.25) is 0 Å². The first kappa shape index (κ1) is 22.4. The Morgan fingerprint density at radius 1 is 0.826 bits per heavy atom. The van der Waals surface area contributed by atoms with E-state index in [0.29, 0.717) is 25.5 Å². The van der Waals surface area contributed by atoms with Crippen molar-refractivity contribution in [2.45, 2.75) is 104 Å². The predicted octanol–water partition coefficient (Wildman–Crippen LogP) is 5.61. The van der Waals surface area contributed by atoms with Crippen molar-refractivity contribution in [1.82, 2.24) is 0 Å². The molecular weight excluding hydrogens is 286 g/mol. The zero-order chi connectivity index (χ0) is 17.2. The van der Waals surface area contributed by atoms with Crippen LogP contribution in [0.5, 0.6) is 0 Å². The molecule has 0 amide bonds. The summed E-state index contributed by atoms with van der Waals surface area (Å²) in [4.78, 5) is 11.7. The van der Waals surface area contributed by atoms with Gasteiger partial charge in [0.05, 0.1) is 6.61 Å². The average Bonchev–Trinajstić information content (AvgIpc) is 2.56. The second kappa shape index (κ2) is 17.8. The summed E-state index contributed by atoms with van der Waals surface area (Å²) in [6, 6.07) is 0. The van der Waals surface area contributed by atoms with Crippen molar-refractivity contribution in [2.75, 3.05) is 13.2 Å². The second-order valence-electron chi connectivity index (χ2n) is 6.85. The lowest BCUT2D eigenvalue weighted by atomic mass is 9.95. The fraction of sp³-hybridized carbons (Fsp3) is 0.950. The lowest BCUT2D eigenvalue weighted by Crippen LogP contribution is -2.15. The van der Waals surface area contributed by atoms with Gasteiger partial charge in [0.2, 0.25) is 0 Å². The molecule has 0 bridgehead atoms. The Balaban J connectivity index is 3.90. The van der Waals surface area contributed by atoms with Crippen LogP contribution in [0, 0.1) is 5.92 Å². The molecule has 0 aromatic rings. The smallest absolute Gasteiger partial charge is 0.305 e. The summed E-state index contributed by atoms with van der Waals surface area (Å²) in [5.41, 5.74) is 5.43. The molecule has 0 aromatic carbocycles. The fourth-order valence-electron chi connectivity index (χ4n) is 2.91. The Morgan fingerprint density at radius 2 is 1.35 bits per heavy atom. The van der Waals surface area contributed by atoms with Crippen molar-refractivity contribution >= 4 is 5.97 Å². The van der Waals surface area contributed by atoms with Gasteiger partial charge in [0.1, 0.15) is 0 Å². The van der Waals surface area contributed by atoms with Crippen LogP contribution in [-0.2, 0) is 9.53 Å². The number of ether oxygens (including phenoxy) is 1. The number of carbonyl (C=O) groups is 1. The fourth-order valence-corrected chi connectivity index (χ4v) is 2.91. The second-order valence-corrected chi connectivity index (χ2v) is 6.85. The molecule has 0 spiro atoms. The van der Waals surface area contributed by atoms with E-state index in [0.717, 1.165) is 6.42 Å². The van der Waals surface area contributed by atoms with Crippen LogP contribution in [-0.4, -0.2) is 19.1 Å². The monoisotopic (exact) mass is 327 g/mol. The molecule has 0 aliphatic rings. The molecule has 0 aliphatic heterocycles. The molecule has 0 saturated heterocycles. The minimum Gasteiger partial charge on any atom is -0.465 e. The van der Waals surface area contributed by atoms with E-state index in [2.05, 4.69) is 13.8 Å².